The van der Waals surface area contributed by atoms with Crippen LogP contribution in [-0.2, 0) is 6.54 Å². The minimum atomic E-state index is -0.634. The molecule has 27 heavy (non-hydrogen) atoms. The number of ether oxygens (including phenoxy) is 2. The Kier molecular flexibility index (Phi) is 6.33. The second-order valence-corrected chi connectivity index (χ2v) is 7.59. The highest BCUT2D eigenvalue weighted by atomic mass is 32.1. The van der Waals surface area contributed by atoms with Crippen LogP contribution in [0.3, 0.4) is 0 Å². The van der Waals surface area contributed by atoms with Crippen molar-refractivity contribution in [1.82, 2.24) is 5.32 Å². The molecule has 0 radical (unpaired) electrons. The van der Waals surface area contributed by atoms with Gasteiger partial charge in [0, 0.05) is 9.75 Å². The predicted octanol–water partition coefficient (Wildman–Crippen LogP) is 4.23. The van der Waals surface area contributed by atoms with E-state index in [0.717, 1.165) is 15.3 Å². The van der Waals surface area contributed by atoms with Crippen LogP contribution in [-0.4, -0.2) is 25.4 Å². The van der Waals surface area contributed by atoms with Crippen LogP contribution in [0.5, 0.6) is 11.5 Å². The Morgan fingerprint density at radius 3 is 2.74 bits per heavy atom. The molecular weight excluding hydrogens is 384 g/mol. The Bertz CT molecular complexity index is 893. The van der Waals surface area contributed by atoms with Crippen LogP contribution in [0.4, 0.5) is 10.5 Å². The fourth-order valence-corrected chi connectivity index (χ4v) is 4.20. The molecule has 142 valence electrons. The Hall–Kier alpha value is -2.55. The van der Waals surface area contributed by atoms with Gasteiger partial charge in [-0.3, -0.25) is 0 Å². The minimum Gasteiger partial charge on any atom is -0.493 e. The second kappa shape index (κ2) is 8.90. The van der Waals surface area contributed by atoms with Crippen molar-refractivity contribution in [2.75, 3.05) is 19.5 Å². The van der Waals surface area contributed by atoms with Crippen LogP contribution >= 0.6 is 22.7 Å². The van der Waals surface area contributed by atoms with E-state index in [2.05, 4.69) is 10.6 Å². The van der Waals surface area contributed by atoms with Crippen LogP contribution in [0.15, 0.2) is 47.2 Å². The standard InChI is InChI=1S/C19H20N2O4S2/c1-24-15-5-3-4-14(18(15)25-2)21-19(23)20-10-13-6-7-16(27-13)17(22)12-8-9-26-11-12/h3-9,11,17,22H,10H2,1-2H3,(H2,20,21,23). The number of carbonyl (C=O) groups excluding carboxylic acids is 1. The first kappa shape index (κ1) is 19.2. The van der Waals surface area contributed by atoms with Gasteiger partial charge >= 0.3 is 6.03 Å². The number of aliphatic hydroxyl groups is 1. The van der Waals surface area contributed by atoms with Crippen LogP contribution in [0.1, 0.15) is 21.4 Å². The fourth-order valence-electron chi connectivity index (χ4n) is 2.55. The van der Waals surface area contributed by atoms with Crippen molar-refractivity contribution in [1.29, 1.82) is 0 Å². The lowest BCUT2D eigenvalue weighted by molar-refractivity contribution is 0.224. The minimum absolute atomic E-state index is 0.352. The zero-order chi connectivity index (χ0) is 19.2. The quantitative estimate of drug-likeness (QED) is 0.551. The number of urea groups is 1. The zero-order valence-electron chi connectivity index (χ0n) is 14.9. The molecule has 3 aromatic rings. The fraction of sp³-hybridized carbons (Fsp3) is 0.211. The first-order valence-electron chi connectivity index (χ1n) is 8.17. The number of nitrogens with one attached hydrogen (secondary N) is 2. The number of methoxy groups -OCH3 is 2. The summed E-state index contributed by atoms with van der Waals surface area (Å²) in [7, 11) is 3.06. The SMILES string of the molecule is COc1cccc(NC(=O)NCc2ccc(C(O)c3ccsc3)s2)c1OC. The number of carbonyl (C=O) groups is 1. The van der Waals surface area contributed by atoms with E-state index in [1.165, 1.54) is 18.4 Å². The molecule has 0 saturated carbocycles. The predicted molar refractivity (Wildman–Crippen MR) is 108 cm³/mol. The molecule has 1 aromatic carbocycles. The van der Waals surface area contributed by atoms with Crippen molar-refractivity contribution < 1.29 is 19.4 Å². The van der Waals surface area contributed by atoms with Gasteiger partial charge in [-0.1, -0.05) is 6.07 Å². The summed E-state index contributed by atoms with van der Waals surface area (Å²) in [5, 5.41) is 19.8. The van der Waals surface area contributed by atoms with Gasteiger partial charge in [0.2, 0.25) is 0 Å². The van der Waals surface area contributed by atoms with Crippen molar-refractivity contribution >= 4 is 34.4 Å². The number of hydrogen-bond acceptors (Lipinski definition) is 6. The van der Waals surface area contributed by atoms with Crippen LogP contribution in [0.25, 0.3) is 0 Å². The molecule has 1 atom stereocenters. The molecule has 1 unspecified atom stereocenters. The number of rotatable bonds is 7. The van der Waals surface area contributed by atoms with E-state index >= 15 is 0 Å². The lowest BCUT2D eigenvalue weighted by Crippen LogP contribution is -2.28. The molecule has 0 aliphatic carbocycles. The molecule has 6 nitrogen and oxygen atoms in total. The molecule has 2 heterocycles. The first-order valence-corrected chi connectivity index (χ1v) is 9.93. The van der Waals surface area contributed by atoms with Crippen LogP contribution in [0, 0.1) is 0 Å². The molecule has 2 aromatic heterocycles. The molecule has 3 rings (SSSR count). The topological polar surface area (TPSA) is 79.8 Å². The smallest absolute Gasteiger partial charge is 0.319 e. The largest absolute Gasteiger partial charge is 0.493 e. The summed E-state index contributed by atoms with van der Waals surface area (Å²) >= 11 is 3.02. The highest BCUT2D eigenvalue weighted by Crippen LogP contribution is 2.34. The van der Waals surface area contributed by atoms with Crippen molar-refractivity contribution in [2.24, 2.45) is 0 Å². The average Bonchev–Trinajstić information content (AvgIpc) is 3.37. The summed E-state index contributed by atoms with van der Waals surface area (Å²) in [5.41, 5.74) is 1.40. The third-order valence-electron chi connectivity index (χ3n) is 3.89. The van der Waals surface area contributed by atoms with E-state index in [0.29, 0.717) is 23.7 Å². The number of aliphatic hydroxyl groups excluding tert-OH is 1. The Labute approximate surface area is 165 Å². The summed E-state index contributed by atoms with van der Waals surface area (Å²) in [4.78, 5) is 14.0. The third kappa shape index (κ3) is 4.60. The number of amides is 2. The van der Waals surface area contributed by atoms with Crippen LogP contribution in [0.2, 0.25) is 0 Å². The summed E-state index contributed by atoms with van der Waals surface area (Å²) in [6, 6.07) is 10.6. The molecular formula is C19H20N2O4S2. The van der Waals surface area contributed by atoms with E-state index in [-0.39, 0.29) is 6.03 Å². The summed E-state index contributed by atoms with van der Waals surface area (Å²) in [6.07, 6.45) is -0.634. The van der Waals surface area contributed by atoms with Gasteiger partial charge in [-0.2, -0.15) is 11.3 Å². The highest BCUT2D eigenvalue weighted by molar-refractivity contribution is 7.12. The van der Waals surface area contributed by atoms with Crippen molar-refractivity contribution in [3.05, 3.63) is 62.5 Å². The molecule has 3 N–H and O–H groups in total. The summed E-state index contributed by atoms with van der Waals surface area (Å²) < 4.78 is 10.5. The first-order chi connectivity index (χ1) is 13.1. The van der Waals surface area contributed by atoms with Gasteiger partial charge in [0.15, 0.2) is 11.5 Å². The zero-order valence-corrected chi connectivity index (χ0v) is 16.5. The van der Waals surface area contributed by atoms with Gasteiger partial charge in [-0.25, -0.2) is 4.79 Å². The molecule has 2 amide bonds. The number of thiophene rings is 2. The van der Waals surface area contributed by atoms with Crippen LogP contribution < -0.4 is 20.1 Å². The Balaban J connectivity index is 1.59. The molecule has 0 spiro atoms. The molecule has 0 saturated heterocycles. The van der Waals surface area contributed by atoms with Gasteiger partial charge in [0.25, 0.3) is 0 Å². The average molecular weight is 405 g/mol. The molecule has 0 fully saturated rings. The summed E-state index contributed by atoms with van der Waals surface area (Å²) in [5.74, 6) is 1.01. The van der Waals surface area contributed by atoms with Gasteiger partial charge < -0.3 is 25.2 Å². The van der Waals surface area contributed by atoms with Gasteiger partial charge in [0.1, 0.15) is 6.10 Å². The highest BCUT2D eigenvalue weighted by Gasteiger charge is 2.15. The lowest BCUT2D eigenvalue weighted by atomic mass is 10.2. The monoisotopic (exact) mass is 404 g/mol. The second-order valence-electron chi connectivity index (χ2n) is 5.61. The van der Waals surface area contributed by atoms with Crippen molar-refractivity contribution in [2.45, 2.75) is 12.6 Å². The van der Waals surface area contributed by atoms with E-state index in [1.807, 2.05) is 29.0 Å². The number of hydrogen-bond donors (Lipinski definition) is 3. The van der Waals surface area contributed by atoms with E-state index in [1.54, 1.807) is 36.6 Å². The molecule has 8 heteroatoms. The van der Waals surface area contributed by atoms with Gasteiger partial charge in [0.05, 0.1) is 26.5 Å². The number of para-hydroxylation sites is 1. The number of anilines is 1. The van der Waals surface area contributed by atoms with Crippen molar-refractivity contribution in [3.8, 4) is 11.5 Å². The van der Waals surface area contributed by atoms with E-state index in [4.69, 9.17) is 9.47 Å². The molecule has 0 bridgehead atoms. The Morgan fingerprint density at radius 1 is 1.19 bits per heavy atom. The maximum absolute atomic E-state index is 12.2. The molecule has 0 aliphatic rings. The van der Waals surface area contributed by atoms with Gasteiger partial charge in [-0.15, -0.1) is 11.3 Å². The van der Waals surface area contributed by atoms with E-state index in [9.17, 15) is 9.90 Å². The molecule has 0 aliphatic heterocycles. The maximum Gasteiger partial charge on any atom is 0.319 e. The van der Waals surface area contributed by atoms with Crippen molar-refractivity contribution in [3.63, 3.8) is 0 Å². The summed E-state index contributed by atoms with van der Waals surface area (Å²) in [6.45, 7) is 0.360. The van der Waals surface area contributed by atoms with E-state index < -0.39 is 6.10 Å². The lowest BCUT2D eigenvalue weighted by Gasteiger charge is -2.13. The normalized spacial score (nSPS) is 11.7. The Morgan fingerprint density at radius 2 is 2.04 bits per heavy atom. The third-order valence-corrected chi connectivity index (χ3v) is 5.72. The number of benzene rings is 1. The maximum atomic E-state index is 12.2. The van der Waals surface area contributed by atoms with Gasteiger partial charge in [-0.05, 0) is 46.7 Å².